The van der Waals surface area contributed by atoms with E-state index in [-0.39, 0.29) is 49.0 Å². The molecule has 0 unspecified atom stereocenters. The number of hydrogen-bond acceptors (Lipinski definition) is 5. The molecule has 1 aliphatic heterocycles. The van der Waals surface area contributed by atoms with E-state index >= 15 is 0 Å². The number of ether oxygens (including phenoxy) is 1. The van der Waals surface area contributed by atoms with Crippen molar-refractivity contribution in [1.82, 2.24) is 4.90 Å². The first-order valence-corrected chi connectivity index (χ1v) is 9.63. The SMILES string of the molecule is O=C(CCN1C(=O)[C@H]2[C@@H]3CC[C@H](C3)[C@@H]2C1=O)OCC(=O)c1ccc(Cl)cc1. The molecule has 7 heteroatoms. The number of benzene rings is 1. The molecule has 0 N–H and O–H groups in total. The van der Waals surface area contributed by atoms with Gasteiger partial charge in [0, 0.05) is 17.1 Å². The van der Waals surface area contributed by atoms with Gasteiger partial charge in [-0.25, -0.2) is 0 Å². The first kappa shape index (κ1) is 18.2. The second-order valence-corrected chi connectivity index (χ2v) is 7.99. The van der Waals surface area contributed by atoms with Gasteiger partial charge in [0.05, 0.1) is 18.3 Å². The highest BCUT2D eigenvalue weighted by Gasteiger charge is 2.60. The largest absolute Gasteiger partial charge is 0.457 e. The van der Waals surface area contributed by atoms with Crippen molar-refractivity contribution in [3.05, 3.63) is 34.9 Å². The number of esters is 1. The fourth-order valence-corrected chi connectivity index (χ4v) is 4.96. The fraction of sp³-hybridized carbons (Fsp3) is 0.500. The van der Waals surface area contributed by atoms with Crippen LogP contribution in [0.1, 0.15) is 36.0 Å². The highest BCUT2D eigenvalue weighted by atomic mass is 35.5. The van der Waals surface area contributed by atoms with Crippen molar-refractivity contribution in [1.29, 1.82) is 0 Å². The summed E-state index contributed by atoms with van der Waals surface area (Å²) in [6, 6.07) is 6.30. The molecule has 2 aliphatic carbocycles. The van der Waals surface area contributed by atoms with Crippen LogP contribution in [0.5, 0.6) is 0 Å². The molecule has 142 valence electrons. The van der Waals surface area contributed by atoms with Crippen LogP contribution in [-0.2, 0) is 19.1 Å². The van der Waals surface area contributed by atoms with Gasteiger partial charge in [0.1, 0.15) is 0 Å². The molecule has 2 saturated carbocycles. The number of carbonyl (C=O) groups excluding carboxylic acids is 4. The zero-order valence-electron chi connectivity index (χ0n) is 14.7. The van der Waals surface area contributed by atoms with Crippen molar-refractivity contribution in [3.63, 3.8) is 0 Å². The number of fused-ring (bicyclic) bond motifs is 5. The predicted molar refractivity (Wildman–Crippen MR) is 95.9 cm³/mol. The number of halogens is 1. The number of nitrogens with zero attached hydrogens (tertiary/aromatic N) is 1. The lowest BCUT2D eigenvalue weighted by Crippen LogP contribution is -2.35. The zero-order chi connectivity index (χ0) is 19.1. The maximum atomic E-state index is 12.6. The molecule has 0 spiro atoms. The molecule has 1 heterocycles. The quantitative estimate of drug-likeness (QED) is 0.424. The summed E-state index contributed by atoms with van der Waals surface area (Å²) in [7, 11) is 0. The van der Waals surface area contributed by atoms with Crippen LogP contribution in [-0.4, -0.2) is 41.6 Å². The minimum Gasteiger partial charge on any atom is -0.457 e. The summed E-state index contributed by atoms with van der Waals surface area (Å²) in [6.07, 6.45) is 2.93. The average molecular weight is 390 g/mol. The molecule has 4 rings (SSSR count). The normalized spacial score (nSPS) is 28.6. The van der Waals surface area contributed by atoms with Crippen LogP contribution in [0.25, 0.3) is 0 Å². The standard InChI is InChI=1S/C20H20ClNO5/c21-14-5-3-11(4-6-14)15(23)10-27-16(24)7-8-22-19(25)17-12-1-2-13(9-12)18(17)20(22)26/h3-6,12-13,17-18H,1-2,7-10H2/t12-,13-,17+,18+/m1/s1. The minimum absolute atomic E-state index is 0.0259. The van der Waals surface area contributed by atoms with Crippen molar-refractivity contribution in [2.24, 2.45) is 23.7 Å². The van der Waals surface area contributed by atoms with E-state index in [0.717, 1.165) is 19.3 Å². The highest BCUT2D eigenvalue weighted by Crippen LogP contribution is 2.56. The highest BCUT2D eigenvalue weighted by molar-refractivity contribution is 6.30. The van der Waals surface area contributed by atoms with Gasteiger partial charge in [-0.3, -0.25) is 24.1 Å². The second-order valence-electron chi connectivity index (χ2n) is 7.55. The molecule has 27 heavy (non-hydrogen) atoms. The maximum absolute atomic E-state index is 12.6. The number of imide groups is 1. The summed E-state index contributed by atoms with van der Waals surface area (Å²) in [4.78, 5) is 50.3. The van der Waals surface area contributed by atoms with E-state index in [0.29, 0.717) is 22.4 Å². The van der Waals surface area contributed by atoms with Gasteiger partial charge in [-0.15, -0.1) is 0 Å². The lowest BCUT2D eigenvalue weighted by atomic mass is 9.81. The molecular formula is C20H20ClNO5. The van der Waals surface area contributed by atoms with Crippen LogP contribution >= 0.6 is 11.6 Å². The average Bonchev–Trinajstić information content (AvgIpc) is 3.33. The fourth-order valence-electron chi connectivity index (χ4n) is 4.83. The summed E-state index contributed by atoms with van der Waals surface area (Å²) in [5.74, 6) is -0.921. The van der Waals surface area contributed by atoms with Crippen molar-refractivity contribution in [2.45, 2.75) is 25.7 Å². The van der Waals surface area contributed by atoms with Gasteiger partial charge in [0.2, 0.25) is 11.8 Å². The Morgan fingerprint density at radius 1 is 1.04 bits per heavy atom. The van der Waals surface area contributed by atoms with Crippen molar-refractivity contribution in [3.8, 4) is 0 Å². The number of rotatable bonds is 6. The van der Waals surface area contributed by atoms with E-state index in [9.17, 15) is 19.2 Å². The minimum atomic E-state index is -0.599. The third kappa shape index (κ3) is 3.27. The van der Waals surface area contributed by atoms with Gasteiger partial charge in [-0.05, 0) is 55.4 Å². The first-order valence-electron chi connectivity index (χ1n) is 9.25. The Bertz CT molecular complexity index is 777. The molecule has 2 amide bonds. The third-order valence-electron chi connectivity index (χ3n) is 6.09. The van der Waals surface area contributed by atoms with Crippen LogP contribution in [0.2, 0.25) is 5.02 Å². The van der Waals surface area contributed by atoms with E-state index in [4.69, 9.17) is 16.3 Å². The lowest BCUT2D eigenvalue weighted by Gasteiger charge is -2.19. The van der Waals surface area contributed by atoms with Crippen molar-refractivity contribution >= 4 is 35.2 Å². The molecule has 3 aliphatic rings. The molecular weight excluding hydrogens is 370 g/mol. The number of likely N-dealkylation sites (tertiary alicyclic amines) is 1. The van der Waals surface area contributed by atoms with E-state index in [1.54, 1.807) is 24.3 Å². The van der Waals surface area contributed by atoms with Gasteiger partial charge in [-0.2, -0.15) is 0 Å². The number of Topliss-reactive ketones (excluding diaryl/α,β-unsaturated/α-hetero) is 1. The number of amides is 2. The number of hydrogen-bond donors (Lipinski definition) is 0. The molecule has 0 aromatic heterocycles. The van der Waals surface area contributed by atoms with E-state index in [1.807, 2.05) is 0 Å². The van der Waals surface area contributed by atoms with Crippen LogP contribution in [0, 0.1) is 23.7 Å². The summed E-state index contributed by atoms with van der Waals surface area (Å²) in [5, 5.41) is 0.515. The van der Waals surface area contributed by atoms with Crippen molar-refractivity contribution in [2.75, 3.05) is 13.2 Å². The second kappa shape index (κ2) is 7.08. The Balaban J connectivity index is 1.27. The smallest absolute Gasteiger partial charge is 0.308 e. The molecule has 3 fully saturated rings. The van der Waals surface area contributed by atoms with E-state index < -0.39 is 5.97 Å². The molecule has 1 saturated heterocycles. The summed E-state index contributed by atoms with van der Waals surface area (Å²) >= 11 is 5.77. The Hall–Kier alpha value is -2.21. The number of carbonyl (C=O) groups is 4. The Morgan fingerprint density at radius 3 is 2.22 bits per heavy atom. The molecule has 4 atom stereocenters. The van der Waals surface area contributed by atoms with Gasteiger partial charge in [0.15, 0.2) is 12.4 Å². The van der Waals surface area contributed by atoms with E-state index in [1.165, 1.54) is 4.90 Å². The zero-order valence-corrected chi connectivity index (χ0v) is 15.5. The van der Waals surface area contributed by atoms with Crippen LogP contribution in [0.3, 0.4) is 0 Å². The van der Waals surface area contributed by atoms with Gasteiger partial charge >= 0.3 is 5.97 Å². The maximum Gasteiger partial charge on any atom is 0.308 e. The topological polar surface area (TPSA) is 80.8 Å². The van der Waals surface area contributed by atoms with Gasteiger partial charge in [0.25, 0.3) is 0 Å². The van der Waals surface area contributed by atoms with Gasteiger partial charge in [-0.1, -0.05) is 11.6 Å². The third-order valence-corrected chi connectivity index (χ3v) is 6.34. The molecule has 2 bridgehead atoms. The molecule has 1 aromatic carbocycles. The molecule has 0 radical (unpaired) electrons. The van der Waals surface area contributed by atoms with Crippen molar-refractivity contribution < 1.29 is 23.9 Å². The summed E-state index contributed by atoms with van der Waals surface area (Å²) < 4.78 is 5.00. The van der Waals surface area contributed by atoms with Crippen LogP contribution in [0.15, 0.2) is 24.3 Å². The summed E-state index contributed by atoms with van der Waals surface area (Å²) in [5.41, 5.74) is 0.403. The Labute approximate surface area is 161 Å². The van der Waals surface area contributed by atoms with Crippen LogP contribution in [0.4, 0.5) is 0 Å². The summed E-state index contributed by atoms with van der Waals surface area (Å²) in [6.45, 7) is -0.351. The first-order chi connectivity index (χ1) is 13.0. The Kier molecular flexibility index (Phi) is 4.76. The lowest BCUT2D eigenvalue weighted by molar-refractivity contribution is -0.145. The van der Waals surface area contributed by atoms with Gasteiger partial charge < -0.3 is 4.74 Å². The number of ketones is 1. The van der Waals surface area contributed by atoms with E-state index in [2.05, 4.69) is 0 Å². The monoisotopic (exact) mass is 389 g/mol. The Morgan fingerprint density at radius 2 is 1.63 bits per heavy atom. The molecule has 1 aromatic rings. The predicted octanol–water partition coefficient (Wildman–Crippen LogP) is 2.49. The molecule has 6 nitrogen and oxygen atoms in total. The van der Waals surface area contributed by atoms with Crippen LogP contribution < -0.4 is 0 Å².